The third-order valence-electron chi connectivity index (χ3n) is 2.79. The summed E-state index contributed by atoms with van der Waals surface area (Å²) in [5.41, 5.74) is 2.47. The number of hydrogen-bond donors (Lipinski definition) is 1. The van der Waals surface area contributed by atoms with Crippen LogP contribution in [-0.4, -0.2) is 0 Å². The van der Waals surface area contributed by atoms with E-state index < -0.39 is 0 Å². The summed E-state index contributed by atoms with van der Waals surface area (Å²) < 4.78 is 0. The Kier molecular flexibility index (Phi) is 6.37. The van der Waals surface area contributed by atoms with Crippen LogP contribution in [0.5, 0.6) is 0 Å². The summed E-state index contributed by atoms with van der Waals surface area (Å²) in [4.78, 5) is 0. The lowest BCUT2D eigenvalue weighted by Gasteiger charge is -1.92. The van der Waals surface area contributed by atoms with Crippen LogP contribution >= 0.6 is 0 Å². The largest absolute Gasteiger partial charge is 0.368 e. The van der Waals surface area contributed by atoms with Crippen molar-refractivity contribution in [1.82, 2.24) is 5.32 Å². The zero-order valence-corrected chi connectivity index (χ0v) is 11.9. The number of nitrogens with one attached hydrogen (secondary N) is 1. The maximum atomic E-state index is 2.92. The van der Waals surface area contributed by atoms with Gasteiger partial charge in [-0.3, -0.25) is 0 Å². The molecule has 1 heteroatoms. The topological polar surface area (TPSA) is 12.0 Å². The summed E-state index contributed by atoms with van der Waals surface area (Å²) >= 11 is 0. The average molecular weight is 273 g/mol. The van der Waals surface area contributed by atoms with Gasteiger partial charge in [0.25, 0.3) is 0 Å². The molecule has 1 aliphatic heterocycles. The number of rotatable bonds is 2. The van der Waals surface area contributed by atoms with Gasteiger partial charge in [0.05, 0.1) is 0 Å². The molecule has 0 atom stereocenters. The summed E-state index contributed by atoms with van der Waals surface area (Å²) in [6.45, 7) is 0. The van der Waals surface area contributed by atoms with Crippen LogP contribution in [0.25, 0.3) is 12.2 Å². The molecule has 1 nitrogen and oxygen atoms in total. The number of benzene rings is 2. The molecular formula is C20H19N. The third kappa shape index (κ3) is 6.26. The molecule has 1 N–H and O–H groups in total. The second-order valence-electron chi connectivity index (χ2n) is 4.42. The van der Waals surface area contributed by atoms with Crippen LogP contribution < -0.4 is 5.32 Å². The molecule has 0 bridgehead atoms. The molecule has 0 radical (unpaired) electrons. The van der Waals surface area contributed by atoms with Crippen LogP contribution in [0.2, 0.25) is 0 Å². The van der Waals surface area contributed by atoms with E-state index >= 15 is 0 Å². The van der Waals surface area contributed by atoms with Gasteiger partial charge in [-0.15, -0.1) is 0 Å². The highest BCUT2D eigenvalue weighted by molar-refractivity contribution is 5.69. The molecule has 1 aliphatic rings. The zero-order chi connectivity index (χ0) is 14.6. The minimum Gasteiger partial charge on any atom is -0.368 e. The quantitative estimate of drug-likeness (QED) is 0.757. The summed E-state index contributed by atoms with van der Waals surface area (Å²) in [5.74, 6) is 0. The summed E-state index contributed by atoms with van der Waals surface area (Å²) in [6.07, 6.45) is 15.8. The molecule has 2 aromatic rings. The van der Waals surface area contributed by atoms with E-state index in [1.165, 1.54) is 11.1 Å². The Labute approximate surface area is 126 Å². The molecule has 0 unspecified atom stereocenters. The van der Waals surface area contributed by atoms with Gasteiger partial charge in [-0.25, -0.2) is 0 Å². The Morgan fingerprint density at radius 3 is 1.38 bits per heavy atom. The van der Waals surface area contributed by atoms with E-state index in [1.807, 2.05) is 73.1 Å². The van der Waals surface area contributed by atoms with Gasteiger partial charge in [0.2, 0.25) is 0 Å². The standard InChI is InChI=1S/C14H12.C6H7N/c1-3-7-13(8-4-1)11-12-14-9-5-2-6-10-14;1-2-4-6-7-5-3-1/h1-12H;1-7H. The van der Waals surface area contributed by atoms with Crippen LogP contribution in [0.1, 0.15) is 11.1 Å². The molecule has 0 aromatic heterocycles. The summed E-state index contributed by atoms with van der Waals surface area (Å²) in [5, 5.41) is 2.92. The van der Waals surface area contributed by atoms with Gasteiger partial charge in [0.1, 0.15) is 0 Å². The molecule has 0 spiro atoms. The maximum Gasteiger partial charge on any atom is 0.000442 e. The first-order valence-electron chi connectivity index (χ1n) is 6.98. The van der Waals surface area contributed by atoms with Crippen molar-refractivity contribution in [3.63, 3.8) is 0 Å². The minimum atomic E-state index is 1.23. The van der Waals surface area contributed by atoms with Crippen LogP contribution in [0.15, 0.2) is 97.4 Å². The van der Waals surface area contributed by atoms with Gasteiger partial charge in [0, 0.05) is 12.4 Å². The molecule has 1 heterocycles. The van der Waals surface area contributed by atoms with Crippen LogP contribution in [0, 0.1) is 0 Å². The molecule has 21 heavy (non-hydrogen) atoms. The smallest absolute Gasteiger partial charge is 0.000442 e. The van der Waals surface area contributed by atoms with Crippen molar-refractivity contribution in [3.8, 4) is 0 Å². The first-order valence-corrected chi connectivity index (χ1v) is 6.98. The Balaban J connectivity index is 0.000000194. The van der Waals surface area contributed by atoms with E-state index in [2.05, 4.69) is 41.7 Å². The Bertz CT molecular complexity index is 564. The monoisotopic (exact) mass is 273 g/mol. The van der Waals surface area contributed by atoms with E-state index in [9.17, 15) is 0 Å². The zero-order valence-electron chi connectivity index (χ0n) is 11.9. The van der Waals surface area contributed by atoms with Gasteiger partial charge < -0.3 is 5.32 Å². The van der Waals surface area contributed by atoms with E-state index in [4.69, 9.17) is 0 Å². The van der Waals surface area contributed by atoms with E-state index in [0.29, 0.717) is 0 Å². The molecule has 0 aliphatic carbocycles. The van der Waals surface area contributed by atoms with Gasteiger partial charge in [-0.2, -0.15) is 0 Å². The lowest BCUT2D eigenvalue weighted by molar-refractivity contribution is 1.20. The van der Waals surface area contributed by atoms with Crippen LogP contribution in [0.4, 0.5) is 0 Å². The Morgan fingerprint density at radius 2 is 0.952 bits per heavy atom. The lowest BCUT2D eigenvalue weighted by Crippen LogP contribution is -1.87. The molecule has 0 amide bonds. The first kappa shape index (κ1) is 14.6. The highest BCUT2D eigenvalue weighted by Crippen LogP contribution is 2.06. The minimum absolute atomic E-state index is 1.23. The van der Waals surface area contributed by atoms with Crippen molar-refractivity contribution >= 4 is 12.2 Å². The lowest BCUT2D eigenvalue weighted by atomic mass is 10.1. The van der Waals surface area contributed by atoms with Gasteiger partial charge in [-0.05, 0) is 23.3 Å². The van der Waals surface area contributed by atoms with Crippen molar-refractivity contribution in [1.29, 1.82) is 0 Å². The highest BCUT2D eigenvalue weighted by Gasteiger charge is 1.84. The fourth-order valence-electron chi connectivity index (χ4n) is 1.73. The molecule has 0 saturated carbocycles. The van der Waals surface area contributed by atoms with Crippen molar-refractivity contribution in [2.24, 2.45) is 0 Å². The molecular weight excluding hydrogens is 254 g/mol. The second kappa shape index (κ2) is 9.16. The van der Waals surface area contributed by atoms with Crippen molar-refractivity contribution in [3.05, 3.63) is 108 Å². The third-order valence-corrected chi connectivity index (χ3v) is 2.79. The number of hydrogen-bond acceptors (Lipinski definition) is 1. The van der Waals surface area contributed by atoms with E-state index in [0.717, 1.165) is 0 Å². The highest BCUT2D eigenvalue weighted by atomic mass is 14.8. The number of allylic oxidation sites excluding steroid dienone is 4. The summed E-state index contributed by atoms with van der Waals surface area (Å²) in [6, 6.07) is 20.6. The predicted molar refractivity (Wildman–Crippen MR) is 92.4 cm³/mol. The van der Waals surface area contributed by atoms with E-state index in [-0.39, 0.29) is 0 Å². The fraction of sp³-hybridized carbons (Fsp3) is 0. The Hall–Kier alpha value is -2.80. The average Bonchev–Trinajstić information content (AvgIpc) is 2.88. The van der Waals surface area contributed by atoms with Gasteiger partial charge in [-0.1, -0.05) is 85.0 Å². The first-order chi connectivity index (χ1) is 10.4. The normalized spacial score (nSPS) is 12.4. The van der Waals surface area contributed by atoms with Gasteiger partial charge >= 0.3 is 0 Å². The second-order valence-corrected chi connectivity index (χ2v) is 4.42. The molecule has 0 fully saturated rings. The van der Waals surface area contributed by atoms with Crippen molar-refractivity contribution < 1.29 is 0 Å². The van der Waals surface area contributed by atoms with Crippen molar-refractivity contribution in [2.45, 2.75) is 0 Å². The maximum absolute atomic E-state index is 2.92. The Morgan fingerprint density at radius 1 is 0.524 bits per heavy atom. The van der Waals surface area contributed by atoms with Crippen LogP contribution in [0.3, 0.4) is 0 Å². The predicted octanol–water partition coefficient (Wildman–Crippen LogP) is 5.03. The molecule has 2 aromatic carbocycles. The molecule has 104 valence electrons. The van der Waals surface area contributed by atoms with Crippen molar-refractivity contribution in [2.75, 3.05) is 0 Å². The SMILES string of the molecule is C(=Cc1ccccc1)c1ccccc1.C1=CC=CNC=C1. The fourth-order valence-corrected chi connectivity index (χ4v) is 1.73. The van der Waals surface area contributed by atoms with E-state index in [1.54, 1.807) is 0 Å². The van der Waals surface area contributed by atoms with Crippen LogP contribution in [-0.2, 0) is 0 Å². The molecule has 3 rings (SSSR count). The molecule has 0 saturated heterocycles. The van der Waals surface area contributed by atoms with Gasteiger partial charge in [0.15, 0.2) is 0 Å². The summed E-state index contributed by atoms with van der Waals surface area (Å²) in [7, 11) is 0.